The van der Waals surface area contributed by atoms with Crippen LogP contribution < -0.4 is 5.32 Å². The first-order chi connectivity index (χ1) is 5.59. The third-order valence-electron chi connectivity index (χ3n) is 1.05. The summed E-state index contributed by atoms with van der Waals surface area (Å²) >= 11 is 11.1. The number of nitrogens with zero attached hydrogens (tertiary/aromatic N) is 1. The summed E-state index contributed by atoms with van der Waals surface area (Å²) in [6.07, 6.45) is 0.123. The Hall–Kier alpha value is -1.00. The number of rotatable bonds is 1. The van der Waals surface area contributed by atoms with E-state index < -0.39 is 6.09 Å². The normalized spacial score (nSPS) is 9.50. The van der Waals surface area contributed by atoms with E-state index in [9.17, 15) is 4.79 Å². The van der Waals surface area contributed by atoms with Crippen LogP contribution in [0.3, 0.4) is 0 Å². The van der Waals surface area contributed by atoms with Gasteiger partial charge in [-0.25, -0.2) is 9.78 Å². The highest BCUT2D eigenvalue weighted by molar-refractivity contribution is 6.34. The molecular weight excluding hydrogens is 203 g/mol. The molecule has 4 nitrogen and oxygen atoms in total. The monoisotopic (exact) mass is 206 g/mol. The fourth-order valence-electron chi connectivity index (χ4n) is 0.625. The molecule has 0 radical (unpaired) electrons. The van der Waals surface area contributed by atoms with E-state index in [0.29, 0.717) is 5.02 Å². The van der Waals surface area contributed by atoms with Crippen LogP contribution in [0.1, 0.15) is 0 Å². The molecule has 1 aromatic heterocycles. The van der Waals surface area contributed by atoms with Crippen molar-refractivity contribution in [3.8, 4) is 0 Å². The van der Waals surface area contributed by atoms with E-state index in [-0.39, 0.29) is 10.8 Å². The fourth-order valence-corrected chi connectivity index (χ4v) is 0.934. The minimum atomic E-state index is -1.21. The third kappa shape index (κ3) is 2.25. The van der Waals surface area contributed by atoms with Gasteiger partial charge in [0.05, 0.1) is 10.7 Å². The highest BCUT2D eigenvalue weighted by Crippen LogP contribution is 2.22. The average molecular weight is 207 g/mol. The van der Waals surface area contributed by atoms with Crippen molar-refractivity contribution in [2.75, 3.05) is 5.32 Å². The molecule has 1 heterocycles. The Morgan fingerprint density at radius 2 is 2.25 bits per heavy atom. The van der Waals surface area contributed by atoms with Crippen LogP contribution in [0.25, 0.3) is 0 Å². The Bertz CT molecular complexity index is 316. The summed E-state index contributed by atoms with van der Waals surface area (Å²) in [5.41, 5.74) is 0.177. The fraction of sp³-hybridized carbons (Fsp3) is 0. The van der Waals surface area contributed by atoms with Crippen molar-refractivity contribution in [2.24, 2.45) is 0 Å². The minimum Gasteiger partial charge on any atom is -0.465 e. The molecule has 1 aromatic rings. The number of pyridine rings is 1. The molecule has 0 saturated heterocycles. The lowest BCUT2D eigenvalue weighted by molar-refractivity contribution is 0.209. The van der Waals surface area contributed by atoms with Crippen molar-refractivity contribution in [3.05, 3.63) is 22.4 Å². The van der Waals surface area contributed by atoms with Crippen molar-refractivity contribution in [2.45, 2.75) is 0 Å². The summed E-state index contributed by atoms with van der Waals surface area (Å²) in [6, 6.07) is 1.38. The van der Waals surface area contributed by atoms with Gasteiger partial charge in [-0.15, -0.1) is 0 Å². The van der Waals surface area contributed by atoms with Gasteiger partial charge in [0.2, 0.25) is 0 Å². The minimum absolute atomic E-state index is 0.0711. The van der Waals surface area contributed by atoms with Crippen LogP contribution in [-0.2, 0) is 0 Å². The quantitative estimate of drug-likeness (QED) is 0.695. The van der Waals surface area contributed by atoms with Gasteiger partial charge in [-0.1, -0.05) is 23.2 Å². The van der Waals surface area contributed by atoms with E-state index in [1.807, 2.05) is 0 Å². The maximum Gasteiger partial charge on any atom is 0.409 e. The van der Waals surface area contributed by atoms with Crippen LogP contribution in [-0.4, -0.2) is 16.2 Å². The largest absolute Gasteiger partial charge is 0.465 e. The standard InChI is InChI=1S/C6H4Cl2N2O2/c7-3-1-4(10-6(11)12)5(8)9-2-3/h1-2,10H,(H,11,12). The SMILES string of the molecule is O=C(O)Nc1cc(Cl)cnc1Cl. The lowest BCUT2D eigenvalue weighted by Crippen LogP contribution is -2.07. The number of halogens is 2. The summed E-state index contributed by atoms with van der Waals surface area (Å²) in [5, 5.41) is 10.8. The maximum atomic E-state index is 10.2. The van der Waals surface area contributed by atoms with Gasteiger partial charge in [-0.3, -0.25) is 5.32 Å². The molecule has 0 bridgehead atoms. The zero-order valence-corrected chi connectivity index (χ0v) is 7.23. The number of carbonyl (C=O) groups is 1. The van der Waals surface area contributed by atoms with Crippen LogP contribution in [0.5, 0.6) is 0 Å². The average Bonchev–Trinajstić information content (AvgIpc) is 1.96. The zero-order valence-electron chi connectivity index (χ0n) is 5.71. The van der Waals surface area contributed by atoms with Gasteiger partial charge in [-0.2, -0.15) is 0 Å². The lowest BCUT2D eigenvalue weighted by Gasteiger charge is -2.01. The maximum absolute atomic E-state index is 10.2. The van der Waals surface area contributed by atoms with Gasteiger partial charge < -0.3 is 5.11 Å². The molecule has 0 atom stereocenters. The molecule has 12 heavy (non-hydrogen) atoms. The number of anilines is 1. The first-order valence-electron chi connectivity index (χ1n) is 2.90. The first-order valence-corrected chi connectivity index (χ1v) is 3.66. The molecule has 2 N–H and O–H groups in total. The van der Waals surface area contributed by atoms with Crippen molar-refractivity contribution in [1.82, 2.24) is 4.98 Å². The van der Waals surface area contributed by atoms with Crippen LogP contribution in [0.2, 0.25) is 10.2 Å². The van der Waals surface area contributed by atoms with Gasteiger partial charge >= 0.3 is 6.09 Å². The molecule has 0 fully saturated rings. The number of hydrogen-bond acceptors (Lipinski definition) is 2. The van der Waals surface area contributed by atoms with Crippen LogP contribution in [0.15, 0.2) is 12.3 Å². The molecule has 0 unspecified atom stereocenters. The topological polar surface area (TPSA) is 62.2 Å². The van der Waals surface area contributed by atoms with E-state index in [4.69, 9.17) is 28.3 Å². The Morgan fingerprint density at radius 1 is 1.58 bits per heavy atom. The molecule has 1 rings (SSSR count). The number of aromatic nitrogens is 1. The zero-order chi connectivity index (χ0) is 9.14. The van der Waals surface area contributed by atoms with Gasteiger partial charge in [-0.05, 0) is 6.07 Å². The van der Waals surface area contributed by atoms with E-state index in [1.165, 1.54) is 12.3 Å². The first kappa shape index (κ1) is 9.09. The van der Waals surface area contributed by atoms with Crippen molar-refractivity contribution >= 4 is 35.0 Å². The van der Waals surface area contributed by atoms with Gasteiger partial charge in [0.15, 0.2) is 5.15 Å². The summed E-state index contributed by atoms with van der Waals surface area (Å²) in [5.74, 6) is 0. The number of nitrogens with one attached hydrogen (secondary N) is 1. The Balaban J connectivity index is 2.97. The molecule has 6 heteroatoms. The second-order valence-electron chi connectivity index (χ2n) is 1.92. The third-order valence-corrected chi connectivity index (χ3v) is 1.56. The number of hydrogen-bond donors (Lipinski definition) is 2. The van der Waals surface area contributed by atoms with E-state index >= 15 is 0 Å². The molecule has 0 aliphatic carbocycles. The Kier molecular flexibility index (Phi) is 2.73. The molecule has 0 aromatic carbocycles. The Labute approximate surface area is 78.1 Å². The molecule has 0 spiro atoms. The summed E-state index contributed by atoms with van der Waals surface area (Å²) in [4.78, 5) is 13.8. The van der Waals surface area contributed by atoms with Crippen LogP contribution in [0, 0.1) is 0 Å². The smallest absolute Gasteiger partial charge is 0.409 e. The molecule has 64 valence electrons. The van der Waals surface area contributed by atoms with E-state index in [0.717, 1.165) is 0 Å². The molecule has 0 saturated carbocycles. The van der Waals surface area contributed by atoms with E-state index in [2.05, 4.69) is 10.3 Å². The molecular formula is C6H4Cl2N2O2. The molecule has 0 aliphatic heterocycles. The molecule has 1 amide bonds. The van der Waals surface area contributed by atoms with Crippen molar-refractivity contribution in [3.63, 3.8) is 0 Å². The van der Waals surface area contributed by atoms with Crippen molar-refractivity contribution < 1.29 is 9.90 Å². The highest BCUT2D eigenvalue weighted by Gasteiger charge is 2.04. The summed E-state index contributed by atoms with van der Waals surface area (Å²) < 4.78 is 0. The molecule has 0 aliphatic rings. The Morgan fingerprint density at radius 3 is 2.83 bits per heavy atom. The predicted octanol–water partition coefficient (Wildman–Crippen LogP) is 2.48. The van der Waals surface area contributed by atoms with Crippen molar-refractivity contribution in [1.29, 1.82) is 0 Å². The van der Waals surface area contributed by atoms with Crippen LogP contribution >= 0.6 is 23.2 Å². The highest BCUT2D eigenvalue weighted by atomic mass is 35.5. The summed E-state index contributed by atoms with van der Waals surface area (Å²) in [6.45, 7) is 0. The predicted molar refractivity (Wildman–Crippen MR) is 45.9 cm³/mol. The number of amides is 1. The van der Waals surface area contributed by atoms with Gasteiger partial charge in [0, 0.05) is 6.20 Å². The van der Waals surface area contributed by atoms with Gasteiger partial charge in [0.1, 0.15) is 0 Å². The number of carboxylic acid groups (broad SMARTS) is 1. The van der Waals surface area contributed by atoms with Crippen LogP contribution in [0.4, 0.5) is 10.5 Å². The van der Waals surface area contributed by atoms with E-state index in [1.54, 1.807) is 0 Å². The second kappa shape index (κ2) is 3.60. The lowest BCUT2D eigenvalue weighted by atomic mass is 10.4. The second-order valence-corrected chi connectivity index (χ2v) is 2.72. The summed E-state index contributed by atoms with van der Waals surface area (Å²) in [7, 11) is 0. The van der Waals surface area contributed by atoms with Gasteiger partial charge in [0.25, 0.3) is 0 Å².